The lowest BCUT2D eigenvalue weighted by Gasteiger charge is -2.12. The van der Waals surface area contributed by atoms with Crippen LogP contribution in [-0.2, 0) is 7.05 Å². The van der Waals surface area contributed by atoms with Gasteiger partial charge in [-0.25, -0.2) is 4.98 Å². The summed E-state index contributed by atoms with van der Waals surface area (Å²) in [5, 5.41) is 3.34. The van der Waals surface area contributed by atoms with Crippen LogP contribution < -0.4 is 15.6 Å². The Kier molecular flexibility index (Phi) is 5.25. The van der Waals surface area contributed by atoms with Crippen molar-refractivity contribution in [1.29, 1.82) is 0 Å². The van der Waals surface area contributed by atoms with E-state index in [4.69, 9.17) is 27.9 Å². The quantitative estimate of drug-likeness (QED) is 0.727. The van der Waals surface area contributed by atoms with Gasteiger partial charge in [0.15, 0.2) is 5.75 Å². The summed E-state index contributed by atoms with van der Waals surface area (Å²) in [6, 6.07) is 11.1. The van der Waals surface area contributed by atoms with Crippen LogP contribution in [0.15, 0.2) is 59.7 Å². The van der Waals surface area contributed by atoms with E-state index in [1.165, 1.54) is 29.1 Å². The van der Waals surface area contributed by atoms with Gasteiger partial charge in [-0.2, -0.15) is 0 Å². The fourth-order valence-electron chi connectivity index (χ4n) is 2.12. The van der Waals surface area contributed by atoms with Crippen molar-refractivity contribution in [3.63, 3.8) is 0 Å². The lowest BCUT2D eigenvalue weighted by molar-refractivity contribution is 0.102. The Bertz CT molecular complexity index is 1030. The van der Waals surface area contributed by atoms with Crippen molar-refractivity contribution in [3.05, 3.63) is 80.8 Å². The zero-order valence-electron chi connectivity index (χ0n) is 13.6. The molecule has 0 saturated heterocycles. The van der Waals surface area contributed by atoms with Crippen LogP contribution in [0.5, 0.6) is 11.6 Å². The number of carbonyl (C=O) groups is 1. The molecule has 0 saturated carbocycles. The fourth-order valence-corrected chi connectivity index (χ4v) is 2.54. The van der Waals surface area contributed by atoms with E-state index in [1.54, 1.807) is 37.4 Å². The Labute approximate surface area is 159 Å². The van der Waals surface area contributed by atoms with Crippen molar-refractivity contribution in [2.24, 2.45) is 7.05 Å². The minimum absolute atomic E-state index is 0.159. The zero-order chi connectivity index (χ0) is 18.7. The predicted octanol–water partition coefficient (Wildman–Crippen LogP) is 4.13. The minimum Gasteiger partial charge on any atom is -0.435 e. The maximum absolute atomic E-state index is 12.4. The molecule has 0 aliphatic rings. The highest BCUT2D eigenvalue weighted by Crippen LogP contribution is 2.33. The SMILES string of the molecule is Cn1ccc(C(=O)Nc2ccccc2Oc2ncc(Cl)cc2Cl)cc1=O. The van der Waals surface area contributed by atoms with Gasteiger partial charge in [0.05, 0.1) is 10.7 Å². The van der Waals surface area contributed by atoms with Crippen LogP contribution in [0.25, 0.3) is 0 Å². The summed E-state index contributed by atoms with van der Waals surface area (Å²) in [5.41, 5.74) is 0.371. The first-order valence-corrected chi connectivity index (χ1v) is 8.25. The first-order valence-electron chi connectivity index (χ1n) is 7.50. The summed E-state index contributed by atoms with van der Waals surface area (Å²) in [6.07, 6.45) is 2.93. The van der Waals surface area contributed by atoms with E-state index in [-0.39, 0.29) is 22.0 Å². The van der Waals surface area contributed by atoms with E-state index in [0.29, 0.717) is 16.5 Å². The van der Waals surface area contributed by atoms with Crippen molar-refractivity contribution >= 4 is 34.8 Å². The summed E-state index contributed by atoms with van der Waals surface area (Å²) in [6.45, 7) is 0. The van der Waals surface area contributed by atoms with E-state index in [2.05, 4.69) is 10.3 Å². The molecule has 0 unspecified atom stereocenters. The summed E-state index contributed by atoms with van der Waals surface area (Å²) in [5.74, 6) is 0.0710. The smallest absolute Gasteiger partial charge is 0.256 e. The van der Waals surface area contributed by atoms with E-state index < -0.39 is 5.91 Å². The maximum atomic E-state index is 12.4. The molecule has 8 heteroatoms. The number of aryl methyl sites for hydroxylation is 1. The third-order valence-electron chi connectivity index (χ3n) is 3.48. The topological polar surface area (TPSA) is 73.2 Å². The Balaban J connectivity index is 1.86. The van der Waals surface area contributed by atoms with Crippen LogP contribution in [-0.4, -0.2) is 15.5 Å². The average molecular weight is 390 g/mol. The molecular formula is C18H13Cl2N3O3. The van der Waals surface area contributed by atoms with Crippen LogP contribution >= 0.6 is 23.2 Å². The van der Waals surface area contributed by atoms with Crippen LogP contribution in [0, 0.1) is 0 Å². The van der Waals surface area contributed by atoms with Gasteiger partial charge in [-0.05, 0) is 24.3 Å². The van der Waals surface area contributed by atoms with Crippen LogP contribution in [0.2, 0.25) is 10.0 Å². The lowest BCUT2D eigenvalue weighted by atomic mass is 10.2. The van der Waals surface area contributed by atoms with Gasteiger partial charge in [0.1, 0.15) is 5.02 Å². The standard InChI is InChI=1S/C18H13Cl2N3O3/c1-23-7-6-11(8-16(23)24)17(25)22-14-4-2-3-5-15(14)26-18-13(20)9-12(19)10-21-18/h2-10H,1H3,(H,22,25). The molecule has 6 nitrogen and oxygen atoms in total. The van der Waals surface area contributed by atoms with Gasteiger partial charge in [0.25, 0.3) is 11.5 Å². The molecule has 0 atom stereocenters. The van der Waals surface area contributed by atoms with Crippen molar-refractivity contribution in [1.82, 2.24) is 9.55 Å². The molecule has 0 spiro atoms. The molecule has 1 aromatic carbocycles. The molecule has 26 heavy (non-hydrogen) atoms. The number of rotatable bonds is 4. The summed E-state index contributed by atoms with van der Waals surface area (Å²) < 4.78 is 7.07. The van der Waals surface area contributed by atoms with Crippen molar-refractivity contribution < 1.29 is 9.53 Å². The van der Waals surface area contributed by atoms with Crippen molar-refractivity contribution in [2.45, 2.75) is 0 Å². The Morgan fingerprint density at radius 1 is 1.19 bits per heavy atom. The van der Waals surface area contributed by atoms with Crippen LogP contribution in [0.1, 0.15) is 10.4 Å². The zero-order valence-corrected chi connectivity index (χ0v) is 15.1. The molecule has 0 bridgehead atoms. The predicted molar refractivity (Wildman–Crippen MR) is 100 cm³/mol. The number of nitrogens with one attached hydrogen (secondary N) is 1. The van der Waals surface area contributed by atoms with E-state index >= 15 is 0 Å². The molecule has 0 fully saturated rings. The molecule has 0 aliphatic heterocycles. The van der Waals surface area contributed by atoms with Crippen LogP contribution in [0.3, 0.4) is 0 Å². The number of pyridine rings is 2. The summed E-state index contributed by atoms with van der Waals surface area (Å²) >= 11 is 11.9. The molecule has 3 rings (SSSR count). The third-order valence-corrected chi connectivity index (χ3v) is 3.96. The molecule has 3 aromatic rings. The summed E-state index contributed by atoms with van der Waals surface area (Å²) in [4.78, 5) is 28.1. The number of nitrogens with zero attached hydrogens (tertiary/aromatic N) is 2. The number of ether oxygens (including phenoxy) is 1. The Morgan fingerprint density at radius 2 is 1.96 bits per heavy atom. The number of anilines is 1. The number of para-hydroxylation sites is 2. The Hall–Kier alpha value is -2.83. The largest absolute Gasteiger partial charge is 0.435 e. The number of hydrogen-bond donors (Lipinski definition) is 1. The summed E-state index contributed by atoms with van der Waals surface area (Å²) in [7, 11) is 1.61. The first-order chi connectivity index (χ1) is 12.4. The van der Waals surface area contributed by atoms with Gasteiger partial charge >= 0.3 is 0 Å². The molecular weight excluding hydrogens is 377 g/mol. The number of benzene rings is 1. The maximum Gasteiger partial charge on any atom is 0.256 e. The second-order valence-corrected chi connectivity index (χ2v) is 6.20. The minimum atomic E-state index is -0.436. The molecule has 132 valence electrons. The van der Waals surface area contributed by atoms with Crippen LogP contribution in [0.4, 0.5) is 5.69 Å². The van der Waals surface area contributed by atoms with Gasteiger partial charge < -0.3 is 14.6 Å². The first kappa shape index (κ1) is 18.0. The lowest BCUT2D eigenvalue weighted by Crippen LogP contribution is -2.20. The van der Waals surface area contributed by atoms with Gasteiger partial charge in [0.2, 0.25) is 5.88 Å². The monoisotopic (exact) mass is 389 g/mol. The molecule has 1 N–H and O–H groups in total. The molecule has 2 aromatic heterocycles. The molecule has 0 radical (unpaired) electrons. The third kappa shape index (κ3) is 4.04. The highest BCUT2D eigenvalue weighted by Gasteiger charge is 2.13. The second kappa shape index (κ2) is 7.59. The average Bonchev–Trinajstić information content (AvgIpc) is 2.61. The fraction of sp³-hybridized carbons (Fsp3) is 0.0556. The number of hydrogen-bond acceptors (Lipinski definition) is 4. The Morgan fingerprint density at radius 3 is 2.69 bits per heavy atom. The number of amides is 1. The number of aromatic nitrogens is 2. The number of halogens is 2. The van der Waals surface area contributed by atoms with E-state index in [9.17, 15) is 9.59 Å². The van der Waals surface area contributed by atoms with Gasteiger partial charge in [0, 0.05) is 31.1 Å². The van der Waals surface area contributed by atoms with Crippen molar-refractivity contribution in [3.8, 4) is 11.6 Å². The molecule has 2 heterocycles. The number of carbonyl (C=O) groups excluding carboxylic acids is 1. The highest BCUT2D eigenvalue weighted by atomic mass is 35.5. The normalized spacial score (nSPS) is 10.4. The van der Waals surface area contributed by atoms with E-state index in [0.717, 1.165) is 0 Å². The highest BCUT2D eigenvalue weighted by molar-refractivity contribution is 6.35. The molecule has 1 amide bonds. The van der Waals surface area contributed by atoms with Gasteiger partial charge in [-0.1, -0.05) is 35.3 Å². The molecule has 0 aliphatic carbocycles. The van der Waals surface area contributed by atoms with Gasteiger partial charge in [-0.3, -0.25) is 9.59 Å². The van der Waals surface area contributed by atoms with E-state index in [1.807, 2.05) is 0 Å². The second-order valence-electron chi connectivity index (χ2n) is 5.36. The van der Waals surface area contributed by atoms with Crippen molar-refractivity contribution in [2.75, 3.05) is 5.32 Å². The van der Waals surface area contributed by atoms with Gasteiger partial charge in [-0.15, -0.1) is 0 Å².